The molecule has 0 aliphatic heterocycles. The highest BCUT2D eigenvalue weighted by molar-refractivity contribution is 6.31. The van der Waals surface area contributed by atoms with Crippen molar-refractivity contribution in [2.24, 2.45) is 0 Å². The number of rotatable bonds is 7. The fourth-order valence-electron chi connectivity index (χ4n) is 3.31. The number of benzene rings is 1. The smallest absolute Gasteiger partial charge is 0.261 e. The van der Waals surface area contributed by atoms with Crippen molar-refractivity contribution < 1.29 is 9.53 Å². The Bertz CT molecular complexity index is 881. The molecule has 0 aliphatic rings. The maximum absolute atomic E-state index is 13.1. The Kier molecular flexibility index (Phi) is 7.22. The number of carbonyl (C=O) groups excluding carboxylic acids is 1. The van der Waals surface area contributed by atoms with Gasteiger partial charge in [0.2, 0.25) is 5.43 Å². The molecule has 0 spiro atoms. The minimum absolute atomic E-state index is 0.0707. The zero-order valence-corrected chi connectivity index (χ0v) is 17.4. The van der Waals surface area contributed by atoms with Crippen LogP contribution >= 0.6 is 11.6 Å². The maximum atomic E-state index is 13.1. The van der Waals surface area contributed by atoms with E-state index in [0.29, 0.717) is 24.5 Å². The summed E-state index contributed by atoms with van der Waals surface area (Å²) in [5.74, 6) is -0.429. The summed E-state index contributed by atoms with van der Waals surface area (Å²) in [6.07, 6.45) is 1.57. The van der Waals surface area contributed by atoms with Gasteiger partial charge in [-0.2, -0.15) is 0 Å². The van der Waals surface area contributed by atoms with E-state index >= 15 is 0 Å². The zero-order chi connectivity index (χ0) is 20.1. The summed E-state index contributed by atoms with van der Waals surface area (Å²) >= 11 is 6.25. The topological polar surface area (TPSA) is 60.3 Å². The first-order valence-electron chi connectivity index (χ1n) is 9.17. The minimum atomic E-state index is -0.440. The third-order valence-corrected chi connectivity index (χ3v) is 5.34. The molecule has 1 aromatic heterocycles. The van der Waals surface area contributed by atoms with E-state index in [-0.39, 0.29) is 10.6 Å². The Balaban J connectivity index is 2.55. The molecule has 0 saturated carbocycles. The summed E-state index contributed by atoms with van der Waals surface area (Å²) < 4.78 is 7.00. The van der Waals surface area contributed by atoms with Crippen LogP contribution in [0.4, 0.5) is 5.69 Å². The summed E-state index contributed by atoms with van der Waals surface area (Å²) in [6.45, 7) is 8.59. The number of aromatic nitrogens is 1. The molecule has 0 aliphatic carbocycles. The van der Waals surface area contributed by atoms with Crippen LogP contribution in [0.5, 0.6) is 0 Å². The van der Waals surface area contributed by atoms with Crippen molar-refractivity contribution in [1.29, 1.82) is 0 Å². The lowest BCUT2D eigenvalue weighted by Crippen LogP contribution is -2.29. The number of amides is 1. The summed E-state index contributed by atoms with van der Waals surface area (Å²) in [6, 6.07) is 5.96. The molecule has 2 aromatic rings. The number of methoxy groups -OCH3 is 1. The van der Waals surface area contributed by atoms with Gasteiger partial charge in [-0.15, -0.1) is 0 Å². The van der Waals surface area contributed by atoms with E-state index in [1.165, 1.54) is 0 Å². The second-order valence-corrected chi connectivity index (χ2v) is 6.82. The normalized spacial score (nSPS) is 10.9. The number of aryl methyl sites for hydroxylation is 2. The number of para-hydroxylation sites is 1. The van der Waals surface area contributed by atoms with Crippen LogP contribution in [0.3, 0.4) is 0 Å². The third kappa shape index (κ3) is 4.25. The number of pyridine rings is 1. The molecule has 0 bridgehead atoms. The first-order valence-corrected chi connectivity index (χ1v) is 9.55. The van der Waals surface area contributed by atoms with Gasteiger partial charge in [-0.25, -0.2) is 0 Å². The van der Waals surface area contributed by atoms with Crippen LogP contribution in [0.1, 0.15) is 46.7 Å². The van der Waals surface area contributed by atoms with Crippen LogP contribution in [0.2, 0.25) is 5.02 Å². The van der Waals surface area contributed by atoms with E-state index in [4.69, 9.17) is 16.3 Å². The summed E-state index contributed by atoms with van der Waals surface area (Å²) in [4.78, 5) is 25.8. The predicted molar refractivity (Wildman–Crippen MR) is 110 cm³/mol. The zero-order valence-electron chi connectivity index (χ0n) is 16.6. The molecule has 2 rings (SSSR count). The van der Waals surface area contributed by atoms with Crippen molar-refractivity contribution in [2.45, 2.75) is 47.1 Å². The Morgan fingerprint density at radius 1 is 1.15 bits per heavy atom. The van der Waals surface area contributed by atoms with Crippen LogP contribution in [-0.2, 0) is 24.1 Å². The molecule has 0 atom stereocenters. The molecular formula is C21H27ClN2O3. The summed E-state index contributed by atoms with van der Waals surface area (Å²) in [5, 5.41) is 3.04. The third-order valence-electron chi connectivity index (χ3n) is 4.90. The van der Waals surface area contributed by atoms with Gasteiger partial charge in [0.25, 0.3) is 5.91 Å². The largest absolute Gasteiger partial charge is 0.383 e. The summed E-state index contributed by atoms with van der Waals surface area (Å²) in [5.41, 5.74) is 3.72. The van der Waals surface area contributed by atoms with Crippen molar-refractivity contribution in [3.8, 4) is 0 Å². The lowest BCUT2D eigenvalue weighted by molar-refractivity contribution is 0.102. The average molecular weight is 391 g/mol. The van der Waals surface area contributed by atoms with Gasteiger partial charge in [0.15, 0.2) is 0 Å². The molecule has 1 N–H and O–H groups in total. The van der Waals surface area contributed by atoms with Crippen LogP contribution in [0, 0.1) is 13.8 Å². The molecule has 5 nitrogen and oxygen atoms in total. The quantitative estimate of drug-likeness (QED) is 0.772. The van der Waals surface area contributed by atoms with Crippen molar-refractivity contribution in [3.63, 3.8) is 0 Å². The van der Waals surface area contributed by atoms with Crippen LogP contribution < -0.4 is 10.7 Å². The Morgan fingerprint density at radius 3 is 2.26 bits per heavy atom. The first-order chi connectivity index (χ1) is 12.9. The second kappa shape index (κ2) is 9.20. The number of halogens is 1. The van der Waals surface area contributed by atoms with Gasteiger partial charge in [-0.05, 0) is 37.8 Å². The molecule has 0 fully saturated rings. The fourth-order valence-corrected chi connectivity index (χ4v) is 3.50. The fraction of sp³-hybridized carbons (Fsp3) is 0.429. The lowest BCUT2D eigenvalue weighted by Gasteiger charge is -2.20. The van der Waals surface area contributed by atoms with Crippen LogP contribution in [0.15, 0.2) is 23.0 Å². The number of carbonyl (C=O) groups is 1. The van der Waals surface area contributed by atoms with Gasteiger partial charge in [-0.1, -0.05) is 43.6 Å². The van der Waals surface area contributed by atoms with Crippen molar-refractivity contribution in [2.75, 3.05) is 19.0 Å². The minimum Gasteiger partial charge on any atom is -0.383 e. The van der Waals surface area contributed by atoms with Gasteiger partial charge in [0.1, 0.15) is 10.6 Å². The number of hydrogen-bond acceptors (Lipinski definition) is 3. The standard InChI is InChI=1S/C21H27ClN2O3/c1-6-15-9-8-10-16(7-2)19(15)23-21(26)17-13(3)24(11-12-27-5)14(4)18(22)20(17)25/h8-10H,6-7,11-12H2,1-5H3,(H,23,26). The first kappa shape index (κ1) is 21.2. The molecule has 6 heteroatoms. The molecule has 1 amide bonds. The summed E-state index contributed by atoms with van der Waals surface area (Å²) in [7, 11) is 1.61. The van der Waals surface area contributed by atoms with Crippen LogP contribution in [0.25, 0.3) is 0 Å². The molecule has 1 heterocycles. The van der Waals surface area contributed by atoms with E-state index in [9.17, 15) is 9.59 Å². The monoisotopic (exact) mass is 390 g/mol. The highest BCUT2D eigenvalue weighted by Crippen LogP contribution is 2.24. The van der Waals surface area contributed by atoms with E-state index < -0.39 is 11.3 Å². The molecule has 27 heavy (non-hydrogen) atoms. The van der Waals surface area contributed by atoms with Gasteiger partial charge in [-0.3, -0.25) is 9.59 Å². The highest BCUT2D eigenvalue weighted by Gasteiger charge is 2.22. The molecule has 0 unspecified atom stereocenters. The molecule has 0 saturated heterocycles. The van der Waals surface area contributed by atoms with Gasteiger partial charge in [0, 0.05) is 30.7 Å². The Labute approximate surface area is 165 Å². The van der Waals surface area contributed by atoms with E-state index in [1.54, 1.807) is 21.0 Å². The van der Waals surface area contributed by atoms with Crippen molar-refractivity contribution >= 4 is 23.2 Å². The number of hydrogen-bond donors (Lipinski definition) is 1. The molecule has 1 aromatic carbocycles. The molecular weight excluding hydrogens is 364 g/mol. The maximum Gasteiger partial charge on any atom is 0.261 e. The Morgan fingerprint density at radius 2 is 1.74 bits per heavy atom. The van der Waals surface area contributed by atoms with Crippen molar-refractivity contribution in [3.05, 3.63) is 61.5 Å². The van der Waals surface area contributed by atoms with Gasteiger partial charge in [0.05, 0.1) is 6.61 Å². The number of nitrogens with one attached hydrogen (secondary N) is 1. The lowest BCUT2D eigenvalue weighted by atomic mass is 10.0. The predicted octanol–water partition coefficient (Wildman–Crippen LogP) is 4.14. The number of ether oxygens (including phenoxy) is 1. The van der Waals surface area contributed by atoms with Gasteiger partial charge < -0.3 is 14.6 Å². The highest BCUT2D eigenvalue weighted by atomic mass is 35.5. The Hall–Kier alpha value is -2.11. The second-order valence-electron chi connectivity index (χ2n) is 6.45. The van der Waals surface area contributed by atoms with Crippen molar-refractivity contribution in [1.82, 2.24) is 4.57 Å². The number of nitrogens with zero attached hydrogens (tertiary/aromatic N) is 1. The van der Waals surface area contributed by atoms with Crippen LogP contribution in [-0.4, -0.2) is 24.2 Å². The van der Waals surface area contributed by atoms with E-state index in [1.807, 2.05) is 36.6 Å². The number of anilines is 1. The van der Waals surface area contributed by atoms with E-state index in [0.717, 1.165) is 29.7 Å². The average Bonchev–Trinajstić information content (AvgIpc) is 2.66. The SMILES string of the molecule is CCc1cccc(CC)c1NC(=O)c1c(C)n(CCOC)c(C)c(Cl)c1=O. The van der Waals surface area contributed by atoms with Gasteiger partial charge >= 0.3 is 0 Å². The molecule has 0 radical (unpaired) electrons. The molecule has 146 valence electrons. The van der Waals surface area contributed by atoms with E-state index in [2.05, 4.69) is 5.32 Å².